The normalized spacial score (nSPS) is 11.0. The van der Waals surface area contributed by atoms with E-state index in [1.54, 1.807) is 30.3 Å². The molecule has 0 unspecified atom stereocenters. The molecule has 1 heterocycles. The fraction of sp³-hybridized carbons (Fsp3) is 0.0526. The van der Waals surface area contributed by atoms with E-state index in [4.69, 9.17) is 22.1 Å². The Balaban J connectivity index is 1.65. The molecule has 3 aromatic rings. The number of hydrogen-bond acceptors (Lipinski definition) is 6. The second kappa shape index (κ2) is 8.97. The van der Waals surface area contributed by atoms with Crippen LogP contribution >= 0.6 is 11.6 Å². The number of halogens is 2. The summed E-state index contributed by atoms with van der Waals surface area (Å²) < 4.78 is 46.2. The van der Waals surface area contributed by atoms with E-state index in [0.29, 0.717) is 5.69 Å². The molecule has 2 aromatic carbocycles. The van der Waals surface area contributed by atoms with Crippen molar-refractivity contribution < 1.29 is 22.3 Å². The van der Waals surface area contributed by atoms with Gasteiger partial charge in [0.1, 0.15) is 16.6 Å². The van der Waals surface area contributed by atoms with Gasteiger partial charge in [-0.05, 0) is 24.3 Å². The first-order valence-electron chi connectivity index (χ1n) is 8.46. The zero-order valence-corrected chi connectivity index (χ0v) is 16.9. The van der Waals surface area contributed by atoms with Gasteiger partial charge in [-0.15, -0.1) is 0 Å². The van der Waals surface area contributed by atoms with Crippen LogP contribution in [-0.2, 0) is 14.8 Å². The van der Waals surface area contributed by atoms with Gasteiger partial charge in [-0.2, -0.15) is 0 Å². The molecule has 0 aliphatic rings. The van der Waals surface area contributed by atoms with Crippen LogP contribution < -0.4 is 20.5 Å². The van der Waals surface area contributed by atoms with Gasteiger partial charge in [-0.3, -0.25) is 9.52 Å². The van der Waals surface area contributed by atoms with Gasteiger partial charge in [0.25, 0.3) is 0 Å². The van der Waals surface area contributed by atoms with E-state index >= 15 is 0 Å². The molecule has 0 atom stereocenters. The summed E-state index contributed by atoms with van der Waals surface area (Å²) in [7, 11) is -3.93. The lowest BCUT2D eigenvalue weighted by Crippen LogP contribution is -2.27. The topological polar surface area (TPSA) is 123 Å². The van der Waals surface area contributed by atoms with Crippen molar-refractivity contribution in [3.8, 4) is 11.5 Å². The second-order valence-corrected chi connectivity index (χ2v) is 8.13. The van der Waals surface area contributed by atoms with Crippen LogP contribution in [0.2, 0.25) is 5.02 Å². The van der Waals surface area contributed by atoms with Gasteiger partial charge in [0.2, 0.25) is 15.9 Å². The molecule has 1 amide bonds. The number of pyridine rings is 1. The maximum atomic E-state index is 14.3. The molecular weight excluding hydrogens is 435 g/mol. The van der Waals surface area contributed by atoms with Crippen molar-refractivity contribution in [1.29, 1.82) is 0 Å². The highest BCUT2D eigenvalue weighted by Crippen LogP contribution is 2.33. The highest BCUT2D eigenvalue weighted by atomic mass is 35.5. The predicted molar refractivity (Wildman–Crippen MR) is 113 cm³/mol. The number of benzene rings is 2. The molecule has 0 fully saturated rings. The molecule has 0 spiro atoms. The molecule has 156 valence electrons. The molecule has 0 aliphatic carbocycles. The largest absolute Gasteiger partial charge is 0.453 e. The summed E-state index contributed by atoms with van der Waals surface area (Å²) in [6.45, 7) is 0. The first-order valence-corrected chi connectivity index (χ1v) is 10.5. The van der Waals surface area contributed by atoms with Crippen LogP contribution in [0, 0.1) is 5.82 Å². The Morgan fingerprint density at radius 3 is 2.53 bits per heavy atom. The molecular formula is C19H16ClFN4O4S. The van der Waals surface area contributed by atoms with Crippen LogP contribution in [0.25, 0.3) is 0 Å². The monoisotopic (exact) mass is 450 g/mol. The first kappa shape index (κ1) is 21.3. The number of nitrogens with two attached hydrogens (primary N) is 1. The standard InChI is InChI=1S/C19H16ClFN4O4S/c20-18-16(8-9-23-19(18)22)29-15-7-6-13(10-14(15)21)24-17(26)11-30(27,28)25-12-4-2-1-3-5-12/h1-10,25H,11H2,(H2,22,23)(H,24,26). The number of aromatic nitrogens is 1. The maximum absolute atomic E-state index is 14.3. The van der Waals surface area contributed by atoms with Crippen LogP contribution in [-0.4, -0.2) is 25.1 Å². The molecule has 30 heavy (non-hydrogen) atoms. The smallest absolute Gasteiger partial charge is 0.241 e. The minimum absolute atomic E-state index is 0.0313. The first-order chi connectivity index (χ1) is 14.2. The van der Waals surface area contributed by atoms with Gasteiger partial charge in [-0.1, -0.05) is 29.8 Å². The minimum atomic E-state index is -3.93. The summed E-state index contributed by atoms with van der Waals surface area (Å²) >= 11 is 5.96. The Hall–Kier alpha value is -3.37. The zero-order chi connectivity index (χ0) is 21.7. The molecule has 4 N–H and O–H groups in total. The zero-order valence-electron chi connectivity index (χ0n) is 15.3. The Bertz CT molecular complexity index is 1180. The van der Waals surface area contributed by atoms with E-state index in [9.17, 15) is 17.6 Å². The van der Waals surface area contributed by atoms with E-state index in [1.165, 1.54) is 24.4 Å². The number of para-hydroxylation sites is 1. The van der Waals surface area contributed by atoms with Gasteiger partial charge in [0.05, 0.1) is 0 Å². The molecule has 3 rings (SSSR count). The lowest BCUT2D eigenvalue weighted by Gasteiger charge is -2.11. The molecule has 0 saturated carbocycles. The predicted octanol–water partition coefficient (Wildman–Crippen LogP) is 3.63. The number of nitrogen functional groups attached to an aromatic ring is 1. The molecule has 0 saturated heterocycles. The number of rotatable bonds is 7. The summed E-state index contributed by atoms with van der Waals surface area (Å²) in [5.74, 6) is -2.50. The summed E-state index contributed by atoms with van der Waals surface area (Å²) in [5.41, 5.74) is 5.95. The van der Waals surface area contributed by atoms with Crippen molar-refractivity contribution in [3.05, 3.63) is 71.6 Å². The van der Waals surface area contributed by atoms with Gasteiger partial charge in [-0.25, -0.2) is 17.8 Å². The molecule has 8 nitrogen and oxygen atoms in total. The van der Waals surface area contributed by atoms with Crippen molar-refractivity contribution >= 4 is 44.7 Å². The number of hydrogen-bond donors (Lipinski definition) is 3. The molecule has 11 heteroatoms. The number of anilines is 3. The average molecular weight is 451 g/mol. The number of ether oxygens (including phenoxy) is 1. The average Bonchev–Trinajstić information content (AvgIpc) is 2.67. The number of carbonyl (C=O) groups is 1. The number of nitrogens with zero attached hydrogens (tertiary/aromatic N) is 1. The third kappa shape index (κ3) is 5.58. The van der Waals surface area contributed by atoms with Crippen LogP contribution in [0.4, 0.5) is 21.6 Å². The van der Waals surface area contributed by atoms with E-state index < -0.39 is 27.5 Å². The van der Waals surface area contributed by atoms with E-state index in [1.807, 2.05) is 0 Å². The van der Waals surface area contributed by atoms with Crippen molar-refractivity contribution in [2.75, 3.05) is 21.5 Å². The molecule has 0 radical (unpaired) electrons. The fourth-order valence-corrected chi connectivity index (χ4v) is 3.53. The fourth-order valence-electron chi connectivity index (χ4n) is 2.39. The van der Waals surface area contributed by atoms with Crippen molar-refractivity contribution in [3.63, 3.8) is 0 Å². The van der Waals surface area contributed by atoms with E-state index in [0.717, 1.165) is 6.07 Å². The number of sulfonamides is 1. The van der Waals surface area contributed by atoms with Crippen LogP contribution in [0.1, 0.15) is 0 Å². The van der Waals surface area contributed by atoms with Crippen LogP contribution in [0.3, 0.4) is 0 Å². The van der Waals surface area contributed by atoms with Gasteiger partial charge in [0.15, 0.2) is 17.3 Å². The van der Waals surface area contributed by atoms with Crippen molar-refractivity contribution in [1.82, 2.24) is 4.98 Å². The van der Waals surface area contributed by atoms with Gasteiger partial charge in [0, 0.05) is 29.7 Å². The van der Waals surface area contributed by atoms with Crippen molar-refractivity contribution in [2.24, 2.45) is 0 Å². The second-order valence-electron chi connectivity index (χ2n) is 6.03. The highest BCUT2D eigenvalue weighted by Gasteiger charge is 2.18. The lowest BCUT2D eigenvalue weighted by molar-refractivity contribution is -0.113. The Kier molecular flexibility index (Phi) is 6.38. The Morgan fingerprint density at radius 1 is 1.10 bits per heavy atom. The highest BCUT2D eigenvalue weighted by molar-refractivity contribution is 7.93. The summed E-state index contributed by atoms with van der Waals surface area (Å²) in [6, 6.07) is 13.1. The third-order valence-corrected chi connectivity index (χ3v) is 5.25. The van der Waals surface area contributed by atoms with E-state index in [2.05, 4.69) is 15.0 Å². The Morgan fingerprint density at radius 2 is 1.83 bits per heavy atom. The summed E-state index contributed by atoms with van der Waals surface area (Å²) in [5, 5.41) is 2.36. The minimum Gasteiger partial charge on any atom is -0.453 e. The van der Waals surface area contributed by atoms with Crippen LogP contribution in [0.5, 0.6) is 11.5 Å². The molecule has 1 aromatic heterocycles. The maximum Gasteiger partial charge on any atom is 0.241 e. The van der Waals surface area contributed by atoms with Gasteiger partial charge < -0.3 is 15.8 Å². The molecule has 0 bridgehead atoms. The lowest BCUT2D eigenvalue weighted by atomic mass is 10.3. The summed E-state index contributed by atoms with van der Waals surface area (Å²) in [4.78, 5) is 15.8. The third-order valence-electron chi connectivity index (χ3n) is 3.68. The van der Waals surface area contributed by atoms with Crippen molar-refractivity contribution in [2.45, 2.75) is 0 Å². The Labute approximate surface area is 176 Å². The van der Waals surface area contributed by atoms with E-state index in [-0.39, 0.29) is 28.0 Å². The van der Waals surface area contributed by atoms with Crippen LogP contribution in [0.15, 0.2) is 60.8 Å². The number of nitrogens with one attached hydrogen (secondary N) is 2. The summed E-state index contributed by atoms with van der Waals surface area (Å²) in [6.07, 6.45) is 1.35. The number of amides is 1. The molecule has 0 aliphatic heterocycles. The van der Waals surface area contributed by atoms with Gasteiger partial charge >= 0.3 is 0 Å². The SMILES string of the molecule is Nc1nccc(Oc2ccc(NC(=O)CS(=O)(=O)Nc3ccccc3)cc2F)c1Cl. The quantitative estimate of drug-likeness (QED) is 0.505. The number of carbonyl (C=O) groups excluding carboxylic acids is 1.